The summed E-state index contributed by atoms with van der Waals surface area (Å²) in [5.41, 5.74) is -0.857. The average Bonchev–Trinajstić information content (AvgIpc) is 2.36. The van der Waals surface area contributed by atoms with Gasteiger partial charge in [-0.1, -0.05) is 0 Å². The first-order valence-electron chi connectivity index (χ1n) is 4.74. The number of hydrogen-bond acceptors (Lipinski definition) is 5. The predicted molar refractivity (Wildman–Crippen MR) is 56.9 cm³/mol. The van der Waals surface area contributed by atoms with E-state index in [1.54, 1.807) is 0 Å². The summed E-state index contributed by atoms with van der Waals surface area (Å²) in [6.07, 6.45) is -3.44. The van der Waals surface area contributed by atoms with E-state index in [1.165, 1.54) is 6.07 Å². The van der Waals surface area contributed by atoms with E-state index in [0.717, 1.165) is 18.2 Å². The summed E-state index contributed by atoms with van der Waals surface area (Å²) in [6.45, 7) is 0. The van der Waals surface area contributed by atoms with Crippen LogP contribution in [0.5, 0.6) is 0 Å². The molecule has 0 amide bonds. The topological polar surface area (TPSA) is 139 Å². The molecule has 7 heteroatoms. The van der Waals surface area contributed by atoms with Crippen LogP contribution in [0.4, 0.5) is 0 Å². The molecular weight excluding hydrogens is 242 g/mol. The highest BCUT2D eigenvalue weighted by Gasteiger charge is 2.21. The van der Waals surface area contributed by atoms with E-state index in [1.807, 2.05) is 0 Å². The van der Waals surface area contributed by atoms with E-state index >= 15 is 0 Å². The Morgan fingerprint density at radius 1 is 1.06 bits per heavy atom. The van der Waals surface area contributed by atoms with Crippen molar-refractivity contribution in [3.63, 3.8) is 0 Å². The normalized spacial score (nSPS) is 13.4. The maximum absolute atomic E-state index is 10.8. The number of carboxylic acids is 2. The fraction of sp³-hybridized carbons (Fsp3) is 0.182. The smallest absolute Gasteiger partial charge is 0.335 e. The second-order valence-corrected chi connectivity index (χ2v) is 3.47. The van der Waals surface area contributed by atoms with Crippen molar-refractivity contribution in [2.75, 3.05) is 0 Å². The highest BCUT2D eigenvalue weighted by Crippen LogP contribution is 2.20. The molecule has 0 heterocycles. The van der Waals surface area contributed by atoms with Crippen LogP contribution in [0, 0.1) is 11.3 Å². The first-order chi connectivity index (χ1) is 8.36. The van der Waals surface area contributed by atoms with Crippen LogP contribution in [0.1, 0.15) is 32.4 Å². The second-order valence-electron chi connectivity index (χ2n) is 3.47. The molecule has 1 aromatic rings. The van der Waals surface area contributed by atoms with Crippen molar-refractivity contribution in [1.82, 2.24) is 0 Å². The molecule has 0 saturated heterocycles. The van der Waals surface area contributed by atoms with Crippen LogP contribution in [-0.4, -0.2) is 38.5 Å². The third kappa shape index (κ3) is 2.82. The Bertz CT molecular complexity index is 501. The number of aliphatic hydroxyl groups excluding tert-OH is 2. The minimum Gasteiger partial charge on any atom is -0.478 e. The Kier molecular flexibility index (Phi) is 3.99. The molecule has 0 radical (unpaired) electrons. The van der Waals surface area contributed by atoms with Gasteiger partial charge in [0.05, 0.1) is 17.2 Å². The van der Waals surface area contributed by atoms with Crippen LogP contribution in [-0.2, 0) is 0 Å². The minimum atomic E-state index is -1.77. The molecule has 2 atom stereocenters. The fourth-order valence-electron chi connectivity index (χ4n) is 1.32. The van der Waals surface area contributed by atoms with Gasteiger partial charge in [0.1, 0.15) is 6.10 Å². The minimum absolute atomic E-state index is 0.152. The molecule has 7 nitrogen and oxygen atoms in total. The molecule has 2 unspecified atom stereocenters. The molecule has 0 spiro atoms. The molecule has 18 heavy (non-hydrogen) atoms. The Hall–Kier alpha value is -2.43. The molecule has 0 aliphatic rings. The van der Waals surface area contributed by atoms with E-state index in [4.69, 9.17) is 20.6 Å². The summed E-state index contributed by atoms with van der Waals surface area (Å²) < 4.78 is 0. The number of benzene rings is 1. The number of aromatic carboxylic acids is 2. The first-order valence-corrected chi connectivity index (χ1v) is 4.74. The van der Waals surface area contributed by atoms with Gasteiger partial charge in [-0.05, 0) is 23.8 Å². The van der Waals surface area contributed by atoms with Crippen LogP contribution in [0.2, 0.25) is 0 Å². The molecule has 94 valence electrons. The van der Waals surface area contributed by atoms with Gasteiger partial charge < -0.3 is 20.4 Å². The highest BCUT2D eigenvalue weighted by molar-refractivity contribution is 5.94. The van der Waals surface area contributed by atoms with Gasteiger partial charge in [0, 0.05) is 0 Å². The largest absolute Gasteiger partial charge is 0.478 e. The number of carboxylic acid groups (broad SMARTS) is 2. The van der Waals surface area contributed by atoms with Crippen molar-refractivity contribution >= 4 is 11.9 Å². The lowest BCUT2D eigenvalue weighted by Gasteiger charge is -2.13. The van der Waals surface area contributed by atoms with E-state index in [2.05, 4.69) is 0 Å². The predicted octanol–water partition coefficient (Wildman–Crippen LogP) is 0.000880. The van der Waals surface area contributed by atoms with Crippen LogP contribution >= 0.6 is 0 Å². The van der Waals surface area contributed by atoms with Gasteiger partial charge in [-0.2, -0.15) is 5.26 Å². The van der Waals surface area contributed by atoms with Crippen LogP contribution < -0.4 is 0 Å². The quantitative estimate of drug-likeness (QED) is 0.552. The van der Waals surface area contributed by atoms with Gasteiger partial charge in [0.15, 0.2) is 6.10 Å². The maximum atomic E-state index is 10.8. The zero-order valence-corrected chi connectivity index (χ0v) is 8.94. The van der Waals surface area contributed by atoms with Crippen LogP contribution in [0.15, 0.2) is 18.2 Å². The van der Waals surface area contributed by atoms with Gasteiger partial charge in [-0.3, -0.25) is 0 Å². The van der Waals surface area contributed by atoms with Crippen LogP contribution in [0.25, 0.3) is 0 Å². The lowest BCUT2D eigenvalue weighted by molar-refractivity contribution is 0.0523. The first kappa shape index (κ1) is 13.6. The molecule has 0 aromatic heterocycles. The van der Waals surface area contributed by atoms with E-state index in [0.29, 0.717) is 0 Å². The molecule has 0 aliphatic carbocycles. The number of nitriles is 1. The summed E-state index contributed by atoms with van der Waals surface area (Å²) in [5.74, 6) is -2.75. The molecule has 1 rings (SSSR count). The number of hydrogen-bond donors (Lipinski definition) is 4. The molecule has 1 aromatic carbocycles. The second kappa shape index (κ2) is 5.27. The zero-order valence-electron chi connectivity index (χ0n) is 8.94. The third-order valence-electron chi connectivity index (χ3n) is 2.22. The SMILES string of the molecule is N#CC(O)C(O)c1cc(C(=O)O)cc(C(=O)O)c1. The number of aliphatic hydroxyl groups is 2. The molecule has 0 fully saturated rings. The van der Waals surface area contributed by atoms with Gasteiger partial charge in [-0.25, -0.2) is 9.59 Å². The van der Waals surface area contributed by atoms with Crippen molar-refractivity contribution in [2.24, 2.45) is 0 Å². The van der Waals surface area contributed by atoms with Crippen molar-refractivity contribution in [2.45, 2.75) is 12.2 Å². The number of nitrogens with zero attached hydrogens (tertiary/aromatic N) is 1. The van der Waals surface area contributed by atoms with E-state index in [-0.39, 0.29) is 16.7 Å². The molecule has 0 aliphatic heterocycles. The molecule has 0 saturated carbocycles. The summed E-state index contributed by atoms with van der Waals surface area (Å²) >= 11 is 0. The number of carbonyl (C=O) groups is 2. The molecular formula is C11H9NO6. The summed E-state index contributed by atoms with van der Waals surface area (Å²) in [5, 5.41) is 44.7. The Labute approximate surface area is 101 Å². The van der Waals surface area contributed by atoms with Crippen LogP contribution in [0.3, 0.4) is 0 Å². The van der Waals surface area contributed by atoms with Gasteiger partial charge in [0.25, 0.3) is 0 Å². The van der Waals surface area contributed by atoms with Crippen molar-refractivity contribution < 1.29 is 30.0 Å². The monoisotopic (exact) mass is 251 g/mol. The standard InChI is InChI=1S/C11H9NO6/c12-4-8(13)9(14)5-1-6(10(15)16)3-7(2-5)11(17)18/h1-3,8-9,13-14H,(H,15,16)(H,17,18). The Morgan fingerprint density at radius 2 is 1.50 bits per heavy atom. The molecule has 4 N–H and O–H groups in total. The molecule has 0 bridgehead atoms. The lowest BCUT2D eigenvalue weighted by atomic mass is 9.99. The van der Waals surface area contributed by atoms with Gasteiger partial charge in [0.2, 0.25) is 0 Å². The van der Waals surface area contributed by atoms with Gasteiger partial charge >= 0.3 is 11.9 Å². The fourth-order valence-corrected chi connectivity index (χ4v) is 1.32. The zero-order chi connectivity index (χ0) is 13.9. The van der Waals surface area contributed by atoms with Crippen molar-refractivity contribution in [3.05, 3.63) is 34.9 Å². The Morgan fingerprint density at radius 3 is 1.83 bits per heavy atom. The van der Waals surface area contributed by atoms with E-state index in [9.17, 15) is 14.7 Å². The average molecular weight is 251 g/mol. The highest BCUT2D eigenvalue weighted by atomic mass is 16.4. The van der Waals surface area contributed by atoms with Crippen molar-refractivity contribution in [3.8, 4) is 6.07 Å². The maximum Gasteiger partial charge on any atom is 0.335 e. The Balaban J connectivity index is 3.32. The van der Waals surface area contributed by atoms with Crippen molar-refractivity contribution in [1.29, 1.82) is 5.26 Å². The lowest BCUT2D eigenvalue weighted by Crippen LogP contribution is -2.17. The summed E-state index contributed by atoms with van der Waals surface area (Å²) in [6, 6.07) is 4.29. The summed E-state index contributed by atoms with van der Waals surface area (Å²) in [7, 11) is 0. The number of rotatable bonds is 4. The van der Waals surface area contributed by atoms with Gasteiger partial charge in [-0.15, -0.1) is 0 Å². The third-order valence-corrected chi connectivity index (χ3v) is 2.22. The van der Waals surface area contributed by atoms with E-state index < -0.39 is 24.1 Å². The summed E-state index contributed by atoms with van der Waals surface area (Å²) in [4.78, 5) is 21.6.